The molecule has 2 atom stereocenters. The molecule has 7 nitrogen and oxygen atoms in total. The van der Waals surface area contributed by atoms with E-state index < -0.39 is 21.3 Å². The van der Waals surface area contributed by atoms with Crippen molar-refractivity contribution in [2.45, 2.75) is 37.5 Å². The molecule has 160 valence electrons. The SMILES string of the molecule is Cc1ccc(Cl)cc1N1CCN(C(=O)C2CC(S(=O)(=O)N3CCCC3)CN2)CC1. The number of rotatable bonds is 4. The number of anilines is 1. The first-order chi connectivity index (χ1) is 13.9. The summed E-state index contributed by atoms with van der Waals surface area (Å²) in [6.07, 6.45) is 2.22. The fourth-order valence-corrected chi connectivity index (χ4v) is 6.68. The summed E-state index contributed by atoms with van der Waals surface area (Å²) < 4.78 is 27.2. The molecule has 0 saturated carbocycles. The zero-order valence-electron chi connectivity index (χ0n) is 16.8. The fourth-order valence-electron chi connectivity index (χ4n) is 4.58. The maximum absolute atomic E-state index is 13.0. The van der Waals surface area contributed by atoms with Crippen LogP contribution in [0.3, 0.4) is 0 Å². The van der Waals surface area contributed by atoms with Crippen molar-refractivity contribution in [3.05, 3.63) is 28.8 Å². The fraction of sp³-hybridized carbons (Fsp3) is 0.650. The predicted octanol–water partition coefficient (Wildman–Crippen LogP) is 1.45. The van der Waals surface area contributed by atoms with Gasteiger partial charge in [-0.1, -0.05) is 17.7 Å². The highest BCUT2D eigenvalue weighted by molar-refractivity contribution is 7.89. The van der Waals surface area contributed by atoms with Crippen LogP contribution in [0.4, 0.5) is 5.69 Å². The molecule has 3 aliphatic heterocycles. The van der Waals surface area contributed by atoms with Gasteiger partial charge < -0.3 is 15.1 Å². The van der Waals surface area contributed by atoms with Crippen LogP contribution in [0.25, 0.3) is 0 Å². The van der Waals surface area contributed by atoms with Gasteiger partial charge in [0.15, 0.2) is 0 Å². The van der Waals surface area contributed by atoms with Gasteiger partial charge in [0.2, 0.25) is 15.9 Å². The Bertz CT molecular complexity index is 864. The van der Waals surface area contributed by atoms with Crippen molar-refractivity contribution in [3.8, 4) is 0 Å². The molecule has 1 aromatic rings. The summed E-state index contributed by atoms with van der Waals surface area (Å²) in [5, 5.41) is 3.38. The first kappa shape index (κ1) is 20.9. The molecular weight excluding hydrogens is 412 g/mol. The van der Waals surface area contributed by atoms with E-state index in [0.29, 0.717) is 44.2 Å². The Morgan fingerprint density at radius 3 is 2.48 bits per heavy atom. The van der Waals surface area contributed by atoms with E-state index in [2.05, 4.69) is 17.1 Å². The zero-order chi connectivity index (χ0) is 20.6. The number of amides is 1. The van der Waals surface area contributed by atoms with Crippen molar-refractivity contribution in [1.82, 2.24) is 14.5 Å². The number of carbonyl (C=O) groups is 1. The van der Waals surface area contributed by atoms with E-state index in [-0.39, 0.29) is 5.91 Å². The van der Waals surface area contributed by atoms with E-state index in [4.69, 9.17) is 11.6 Å². The van der Waals surface area contributed by atoms with Crippen LogP contribution in [0.1, 0.15) is 24.8 Å². The number of benzene rings is 1. The minimum absolute atomic E-state index is 0.0200. The third kappa shape index (κ3) is 4.26. The van der Waals surface area contributed by atoms with Crippen molar-refractivity contribution in [3.63, 3.8) is 0 Å². The topological polar surface area (TPSA) is 73.0 Å². The molecule has 3 fully saturated rings. The molecule has 0 spiro atoms. The number of aryl methyl sites for hydroxylation is 1. The van der Waals surface area contributed by atoms with Crippen LogP contribution in [0.2, 0.25) is 5.02 Å². The second-order valence-corrected chi connectivity index (χ2v) is 10.9. The van der Waals surface area contributed by atoms with Gasteiger partial charge in [0.1, 0.15) is 0 Å². The van der Waals surface area contributed by atoms with Gasteiger partial charge in [0.25, 0.3) is 0 Å². The van der Waals surface area contributed by atoms with Crippen molar-refractivity contribution in [2.24, 2.45) is 0 Å². The van der Waals surface area contributed by atoms with Crippen LogP contribution < -0.4 is 10.2 Å². The van der Waals surface area contributed by atoms with E-state index in [0.717, 1.165) is 31.6 Å². The van der Waals surface area contributed by atoms with E-state index in [1.807, 2.05) is 23.1 Å². The molecule has 2 unspecified atom stereocenters. The van der Waals surface area contributed by atoms with Gasteiger partial charge in [0.05, 0.1) is 11.3 Å². The van der Waals surface area contributed by atoms with Gasteiger partial charge >= 0.3 is 0 Å². The lowest BCUT2D eigenvalue weighted by Gasteiger charge is -2.37. The van der Waals surface area contributed by atoms with Crippen LogP contribution in [-0.4, -0.2) is 80.6 Å². The quantitative estimate of drug-likeness (QED) is 0.767. The lowest BCUT2D eigenvalue weighted by molar-refractivity contribution is -0.133. The minimum atomic E-state index is -3.31. The lowest BCUT2D eigenvalue weighted by atomic mass is 10.1. The number of hydrogen-bond acceptors (Lipinski definition) is 5. The molecule has 3 aliphatic rings. The average Bonchev–Trinajstić information content (AvgIpc) is 3.42. The molecule has 0 bridgehead atoms. The molecule has 3 heterocycles. The number of carbonyl (C=O) groups excluding carboxylic acids is 1. The largest absolute Gasteiger partial charge is 0.368 e. The molecule has 9 heteroatoms. The van der Waals surface area contributed by atoms with Crippen molar-refractivity contribution in [1.29, 1.82) is 0 Å². The van der Waals surface area contributed by atoms with E-state index >= 15 is 0 Å². The molecule has 1 aromatic carbocycles. The number of sulfonamides is 1. The first-order valence-corrected chi connectivity index (χ1v) is 12.3. The molecule has 0 aliphatic carbocycles. The van der Waals surface area contributed by atoms with Crippen LogP contribution in [0.15, 0.2) is 18.2 Å². The summed E-state index contributed by atoms with van der Waals surface area (Å²) in [5.74, 6) is 0.0200. The monoisotopic (exact) mass is 440 g/mol. The average molecular weight is 441 g/mol. The minimum Gasteiger partial charge on any atom is -0.368 e. The maximum Gasteiger partial charge on any atom is 0.239 e. The Balaban J connectivity index is 1.34. The number of nitrogens with zero attached hydrogens (tertiary/aromatic N) is 3. The summed E-state index contributed by atoms with van der Waals surface area (Å²) in [4.78, 5) is 17.1. The number of hydrogen-bond donors (Lipinski definition) is 1. The smallest absolute Gasteiger partial charge is 0.239 e. The summed E-state index contributed by atoms with van der Waals surface area (Å²) >= 11 is 6.15. The first-order valence-electron chi connectivity index (χ1n) is 10.4. The Morgan fingerprint density at radius 2 is 1.79 bits per heavy atom. The highest BCUT2D eigenvalue weighted by Crippen LogP contribution is 2.27. The number of piperazine rings is 1. The predicted molar refractivity (Wildman–Crippen MR) is 115 cm³/mol. The summed E-state index contributed by atoms with van der Waals surface area (Å²) in [6, 6.07) is 5.47. The molecule has 1 amide bonds. The van der Waals surface area contributed by atoms with Crippen LogP contribution in [-0.2, 0) is 14.8 Å². The van der Waals surface area contributed by atoms with Crippen molar-refractivity contribution >= 4 is 33.2 Å². The van der Waals surface area contributed by atoms with Crippen LogP contribution in [0, 0.1) is 6.92 Å². The van der Waals surface area contributed by atoms with Gasteiger partial charge in [-0.2, -0.15) is 0 Å². The van der Waals surface area contributed by atoms with Gasteiger partial charge in [-0.25, -0.2) is 12.7 Å². The molecule has 0 radical (unpaired) electrons. The Morgan fingerprint density at radius 1 is 1.10 bits per heavy atom. The van der Waals surface area contributed by atoms with Gasteiger partial charge in [-0.15, -0.1) is 0 Å². The lowest BCUT2D eigenvalue weighted by Crippen LogP contribution is -2.53. The van der Waals surface area contributed by atoms with Crippen LogP contribution in [0.5, 0.6) is 0 Å². The maximum atomic E-state index is 13.0. The Labute approximate surface area is 178 Å². The van der Waals surface area contributed by atoms with Crippen molar-refractivity contribution < 1.29 is 13.2 Å². The molecule has 29 heavy (non-hydrogen) atoms. The third-order valence-electron chi connectivity index (χ3n) is 6.34. The second kappa shape index (κ2) is 8.41. The van der Waals surface area contributed by atoms with E-state index in [9.17, 15) is 13.2 Å². The van der Waals surface area contributed by atoms with Gasteiger partial charge in [-0.3, -0.25) is 4.79 Å². The standard InChI is InChI=1S/C20H29ClN4O3S/c1-15-4-5-16(21)12-19(15)23-8-10-24(11-9-23)20(26)18-13-17(14-22-18)29(27,28)25-6-2-3-7-25/h4-5,12,17-18,22H,2-3,6-11,13-14H2,1H3. The Hall–Kier alpha value is -1.35. The Kier molecular flexibility index (Phi) is 6.06. The summed E-state index contributed by atoms with van der Waals surface area (Å²) in [5.41, 5.74) is 2.28. The molecule has 1 N–H and O–H groups in total. The summed E-state index contributed by atoms with van der Waals surface area (Å²) in [6.45, 7) is 6.40. The van der Waals surface area contributed by atoms with Crippen LogP contribution >= 0.6 is 11.6 Å². The second-order valence-electron chi connectivity index (χ2n) is 8.21. The molecule has 4 rings (SSSR count). The number of halogens is 1. The summed E-state index contributed by atoms with van der Waals surface area (Å²) in [7, 11) is -3.31. The molecule has 3 saturated heterocycles. The van der Waals surface area contributed by atoms with Crippen molar-refractivity contribution in [2.75, 3.05) is 50.7 Å². The molecular formula is C20H29ClN4O3S. The highest BCUT2D eigenvalue weighted by Gasteiger charge is 2.42. The third-order valence-corrected chi connectivity index (χ3v) is 8.86. The van der Waals surface area contributed by atoms with E-state index in [1.54, 1.807) is 4.31 Å². The van der Waals surface area contributed by atoms with Gasteiger partial charge in [-0.05, 0) is 43.9 Å². The van der Waals surface area contributed by atoms with Gasteiger partial charge in [0, 0.05) is 56.5 Å². The molecule has 0 aromatic heterocycles. The highest BCUT2D eigenvalue weighted by atomic mass is 35.5. The normalized spacial score (nSPS) is 26.3. The van der Waals surface area contributed by atoms with E-state index in [1.165, 1.54) is 5.56 Å². The zero-order valence-corrected chi connectivity index (χ0v) is 18.4. The number of nitrogens with one attached hydrogen (secondary N) is 1.